The van der Waals surface area contributed by atoms with Gasteiger partial charge in [-0.1, -0.05) is 13.8 Å². The van der Waals surface area contributed by atoms with E-state index in [0.717, 1.165) is 5.69 Å². The number of hydrogen-bond donors (Lipinski definition) is 2. The molecular weight excluding hydrogens is 232 g/mol. The Morgan fingerprint density at radius 1 is 1.33 bits per heavy atom. The Morgan fingerprint density at radius 3 is 2.44 bits per heavy atom. The van der Waals surface area contributed by atoms with Crippen LogP contribution in [0, 0.1) is 24.2 Å². The molecule has 1 heterocycles. The summed E-state index contributed by atoms with van der Waals surface area (Å²) in [6.45, 7) is 5.45. The molecular formula is C13H16N2O3. The number of carbonyl (C=O) groups is 2. The Labute approximate surface area is 105 Å². The average Bonchev–Trinajstić information content (AvgIpc) is 2.85. The van der Waals surface area contributed by atoms with E-state index in [1.807, 2.05) is 6.92 Å². The number of aryl methyl sites for hydroxylation is 1. The topological polar surface area (TPSA) is 79.3 Å². The summed E-state index contributed by atoms with van der Waals surface area (Å²) in [5.74, 6) is -2.24. The number of nitrogens with one attached hydrogen (secondary N) is 1. The van der Waals surface area contributed by atoms with E-state index in [1.54, 1.807) is 32.2 Å². The fourth-order valence-electron chi connectivity index (χ4n) is 2.35. The maximum Gasteiger partial charge on any atom is 0.307 e. The van der Waals surface area contributed by atoms with Crippen molar-refractivity contribution in [1.29, 1.82) is 0 Å². The number of aliphatic carboxylic acids is 1. The fraction of sp³-hybridized carbons (Fsp3) is 0.462. The minimum atomic E-state index is -0.915. The number of carboxylic acid groups (broad SMARTS) is 1. The number of nitrogens with zero attached hydrogens (tertiary/aromatic N) is 1. The van der Waals surface area contributed by atoms with Gasteiger partial charge in [-0.3, -0.25) is 14.6 Å². The largest absolute Gasteiger partial charge is 0.481 e. The van der Waals surface area contributed by atoms with E-state index < -0.39 is 23.2 Å². The van der Waals surface area contributed by atoms with Gasteiger partial charge in [0.25, 0.3) is 0 Å². The van der Waals surface area contributed by atoms with Gasteiger partial charge in [-0.05, 0) is 24.5 Å². The van der Waals surface area contributed by atoms with E-state index >= 15 is 0 Å². The van der Waals surface area contributed by atoms with E-state index in [9.17, 15) is 9.59 Å². The van der Waals surface area contributed by atoms with Crippen LogP contribution in [0.15, 0.2) is 18.3 Å². The van der Waals surface area contributed by atoms with E-state index in [0.29, 0.717) is 5.69 Å². The number of hydrogen-bond acceptors (Lipinski definition) is 3. The van der Waals surface area contributed by atoms with Gasteiger partial charge in [0.05, 0.1) is 23.7 Å². The molecule has 0 aromatic carbocycles. The third-order valence-corrected chi connectivity index (χ3v) is 3.55. The number of aromatic nitrogens is 1. The smallest absolute Gasteiger partial charge is 0.307 e. The highest BCUT2D eigenvalue weighted by molar-refractivity contribution is 5.99. The summed E-state index contributed by atoms with van der Waals surface area (Å²) in [6, 6.07) is 3.55. The van der Waals surface area contributed by atoms with Crippen LogP contribution in [0.1, 0.15) is 19.5 Å². The molecule has 1 amide bonds. The van der Waals surface area contributed by atoms with E-state index in [4.69, 9.17) is 5.11 Å². The first kappa shape index (κ1) is 12.5. The minimum absolute atomic E-state index is 0.252. The summed E-state index contributed by atoms with van der Waals surface area (Å²) in [5.41, 5.74) is 0.981. The van der Waals surface area contributed by atoms with Crippen LogP contribution < -0.4 is 5.32 Å². The monoisotopic (exact) mass is 248 g/mol. The van der Waals surface area contributed by atoms with Crippen LogP contribution in [0.5, 0.6) is 0 Å². The van der Waals surface area contributed by atoms with Gasteiger partial charge in [-0.15, -0.1) is 0 Å². The molecule has 18 heavy (non-hydrogen) atoms. The predicted octanol–water partition coefficient (Wildman–Crippen LogP) is 1.69. The van der Waals surface area contributed by atoms with Crippen molar-refractivity contribution in [3.63, 3.8) is 0 Å². The standard InChI is InChI=1S/C13H16N2O3/c1-7-4-5-8(6-14-7)15-11(16)9-10(12(17)18)13(9,2)3/h4-6,9-10H,1-3H3,(H,15,16)(H,17,18)/t9-,10+/m1/s1. The molecule has 0 aliphatic heterocycles. The fourth-order valence-corrected chi connectivity index (χ4v) is 2.35. The molecule has 5 nitrogen and oxygen atoms in total. The van der Waals surface area contributed by atoms with Gasteiger partial charge in [0.15, 0.2) is 0 Å². The van der Waals surface area contributed by atoms with Crippen molar-refractivity contribution in [2.75, 3.05) is 5.32 Å². The Balaban J connectivity index is 2.06. The van der Waals surface area contributed by atoms with Crippen LogP contribution in [0.2, 0.25) is 0 Å². The number of pyridine rings is 1. The molecule has 96 valence electrons. The Kier molecular flexibility index (Phi) is 2.84. The number of carboxylic acids is 1. The van der Waals surface area contributed by atoms with Crippen LogP contribution in [0.25, 0.3) is 0 Å². The molecule has 2 N–H and O–H groups in total. The zero-order valence-corrected chi connectivity index (χ0v) is 10.6. The first-order valence-electron chi connectivity index (χ1n) is 5.80. The molecule has 0 bridgehead atoms. The SMILES string of the molecule is Cc1ccc(NC(=O)[C@H]2[C@@H](C(=O)O)C2(C)C)cn1. The summed E-state index contributed by atoms with van der Waals surface area (Å²) in [4.78, 5) is 27.1. The first-order valence-corrected chi connectivity index (χ1v) is 5.80. The van der Waals surface area contributed by atoms with E-state index in [1.165, 1.54) is 0 Å². The highest BCUT2D eigenvalue weighted by atomic mass is 16.4. The lowest BCUT2D eigenvalue weighted by Crippen LogP contribution is -2.17. The van der Waals surface area contributed by atoms with Crippen LogP contribution in [-0.4, -0.2) is 22.0 Å². The van der Waals surface area contributed by atoms with Crippen molar-refractivity contribution < 1.29 is 14.7 Å². The molecule has 1 aromatic heterocycles. The van der Waals surface area contributed by atoms with Gasteiger partial charge in [0.2, 0.25) is 5.91 Å². The van der Waals surface area contributed by atoms with Crippen molar-refractivity contribution in [2.24, 2.45) is 17.3 Å². The van der Waals surface area contributed by atoms with Gasteiger partial charge >= 0.3 is 5.97 Å². The molecule has 1 aliphatic carbocycles. The average molecular weight is 248 g/mol. The zero-order valence-electron chi connectivity index (χ0n) is 10.6. The second-order valence-electron chi connectivity index (χ2n) is 5.29. The lowest BCUT2D eigenvalue weighted by molar-refractivity contribution is -0.140. The van der Waals surface area contributed by atoms with E-state index in [2.05, 4.69) is 10.3 Å². The molecule has 2 atom stereocenters. The minimum Gasteiger partial charge on any atom is -0.481 e. The second kappa shape index (κ2) is 4.08. The number of carbonyl (C=O) groups excluding carboxylic acids is 1. The van der Waals surface area contributed by atoms with Crippen molar-refractivity contribution in [3.8, 4) is 0 Å². The summed E-state index contributed by atoms with van der Waals surface area (Å²) < 4.78 is 0. The lowest BCUT2D eigenvalue weighted by Gasteiger charge is -2.05. The Morgan fingerprint density at radius 2 is 2.00 bits per heavy atom. The summed E-state index contributed by atoms with van der Waals surface area (Å²) in [6.07, 6.45) is 1.57. The number of anilines is 1. The highest BCUT2D eigenvalue weighted by Gasteiger charge is 2.65. The van der Waals surface area contributed by atoms with Crippen LogP contribution in [-0.2, 0) is 9.59 Å². The lowest BCUT2D eigenvalue weighted by atomic mass is 10.1. The third-order valence-electron chi connectivity index (χ3n) is 3.55. The van der Waals surface area contributed by atoms with Crippen molar-refractivity contribution in [1.82, 2.24) is 4.98 Å². The highest BCUT2D eigenvalue weighted by Crippen LogP contribution is 2.58. The van der Waals surface area contributed by atoms with Crippen LogP contribution in [0.4, 0.5) is 5.69 Å². The van der Waals surface area contributed by atoms with Crippen LogP contribution in [0.3, 0.4) is 0 Å². The molecule has 1 aliphatic rings. The summed E-state index contributed by atoms with van der Waals surface area (Å²) in [5, 5.41) is 11.7. The van der Waals surface area contributed by atoms with Crippen molar-refractivity contribution in [3.05, 3.63) is 24.0 Å². The van der Waals surface area contributed by atoms with Gasteiger partial charge < -0.3 is 10.4 Å². The number of amides is 1. The van der Waals surface area contributed by atoms with Gasteiger partial charge in [0.1, 0.15) is 0 Å². The van der Waals surface area contributed by atoms with Gasteiger partial charge in [-0.25, -0.2) is 0 Å². The molecule has 0 unspecified atom stereocenters. The van der Waals surface area contributed by atoms with Gasteiger partial charge in [0, 0.05) is 5.69 Å². The third kappa shape index (κ3) is 2.08. The molecule has 1 fully saturated rings. The Bertz CT molecular complexity index is 493. The summed E-state index contributed by atoms with van der Waals surface area (Å²) >= 11 is 0. The maximum atomic E-state index is 12.0. The zero-order chi connectivity index (χ0) is 13.5. The maximum absolute atomic E-state index is 12.0. The van der Waals surface area contributed by atoms with Crippen LogP contribution >= 0.6 is 0 Å². The summed E-state index contributed by atoms with van der Waals surface area (Å²) in [7, 11) is 0. The number of rotatable bonds is 3. The molecule has 0 radical (unpaired) electrons. The van der Waals surface area contributed by atoms with Gasteiger partial charge in [-0.2, -0.15) is 0 Å². The first-order chi connectivity index (χ1) is 8.34. The molecule has 5 heteroatoms. The normalized spacial score (nSPS) is 24.4. The van der Waals surface area contributed by atoms with Crippen molar-refractivity contribution in [2.45, 2.75) is 20.8 Å². The quantitative estimate of drug-likeness (QED) is 0.853. The van der Waals surface area contributed by atoms with Crippen molar-refractivity contribution >= 4 is 17.6 Å². The molecule has 1 saturated carbocycles. The molecule has 0 spiro atoms. The molecule has 1 aromatic rings. The second-order valence-corrected chi connectivity index (χ2v) is 5.29. The predicted molar refractivity (Wildman–Crippen MR) is 66.0 cm³/mol. The molecule has 0 saturated heterocycles. The van der Waals surface area contributed by atoms with E-state index in [-0.39, 0.29) is 5.91 Å². The Hall–Kier alpha value is -1.91. The molecule has 2 rings (SSSR count).